The summed E-state index contributed by atoms with van der Waals surface area (Å²) in [4.78, 5) is 58.0. The number of aromatic hydroxyl groups is 2. The van der Waals surface area contributed by atoms with Gasteiger partial charge in [-0.05, 0) is 114 Å². The Morgan fingerprint density at radius 1 is 0.895 bits per heavy atom. The first-order valence-corrected chi connectivity index (χ1v) is 28.3. The van der Waals surface area contributed by atoms with E-state index in [1.165, 1.54) is 90.9 Å². The molecule has 10 rings (SSSR count). The lowest BCUT2D eigenvalue weighted by Crippen LogP contribution is -2.43. The van der Waals surface area contributed by atoms with Crippen LogP contribution in [0.2, 0.25) is 0 Å². The third-order valence-electron chi connectivity index (χ3n) is 17.5. The number of amides is 1. The topological polar surface area (TPSA) is 206 Å². The Balaban J connectivity index is 0.000000369. The molecule has 16 heteroatoms. The summed E-state index contributed by atoms with van der Waals surface area (Å²) in [6.07, 6.45) is 19.7. The summed E-state index contributed by atoms with van der Waals surface area (Å²) in [5.41, 5.74) is 0.402. The van der Waals surface area contributed by atoms with E-state index in [0.717, 1.165) is 32.7 Å². The first kappa shape index (κ1) is 58.8. The van der Waals surface area contributed by atoms with Crippen molar-refractivity contribution in [1.82, 2.24) is 14.7 Å². The first-order chi connectivity index (χ1) is 36.2. The summed E-state index contributed by atoms with van der Waals surface area (Å²) in [5.74, 6) is -2.79. The summed E-state index contributed by atoms with van der Waals surface area (Å²) in [6, 6.07) is 0. The predicted molar refractivity (Wildman–Crippen MR) is 296 cm³/mol. The second kappa shape index (κ2) is 24.9. The number of benzene rings is 2. The molecule has 7 heterocycles. The number of carbonyl (C=O) groups excluding carboxylic acids is 3. The number of hydrogen-bond donors (Lipinski definition) is 5. The Morgan fingerprint density at radius 3 is 2.22 bits per heavy atom. The molecular formula is C60H90N6O10. The zero-order chi connectivity index (χ0) is 55.3. The van der Waals surface area contributed by atoms with Crippen molar-refractivity contribution in [2.75, 3.05) is 71.8 Å². The van der Waals surface area contributed by atoms with Crippen molar-refractivity contribution in [3.8, 4) is 17.2 Å². The molecule has 7 aliphatic heterocycles. The predicted octanol–water partition coefficient (Wildman–Crippen LogP) is 7.97. The molecule has 0 radical (unpaired) electrons. The van der Waals surface area contributed by atoms with E-state index >= 15 is 0 Å². The lowest BCUT2D eigenvalue weighted by Gasteiger charge is -2.36. The molecule has 0 aromatic heterocycles. The Kier molecular flexibility index (Phi) is 19.2. The highest BCUT2D eigenvalue weighted by atomic mass is 16.7. The standard InChI is InChI=1S/C44H58N4O9.C15H28N2.CH4O/c1-23(2)21-48-17-15-44(16-18-48)46-33-30-31-37(51)29(8)40-32(30)41(53)43(9,57-40)56-19-11-14-25(4)39(55-22-49)28(7)36(50)27(6)20-24(3)12-10-13-26(5)42(54)45-35(38(31)52)34(33)47-44;1-16-9-7-15(12-16)8-10-17(13-15)11-14-5-3-2-4-6-14;1-2/h10-13,19,22-25,27-28,36,39,50-52H,14-18,20-21H2,1-9H3,(H,45,54);14H,2-13H2,1H3;2H,1H3/b12-10+,19-11+,26-13-;;/t24?,25-,27-,28-,36?,39?,43+;;/m1../s1. The summed E-state index contributed by atoms with van der Waals surface area (Å²) >= 11 is 0. The van der Waals surface area contributed by atoms with Gasteiger partial charge < -0.3 is 54.7 Å². The lowest BCUT2D eigenvalue weighted by molar-refractivity contribution is -0.143. The molecule has 1 amide bonds. The van der Waals surface area contributed by atoms with Crippen LogP contribution in [-0.4, -0.2) is 143 Å². The van der Waals surface area contributed by atoms with Gasteiger partial charge in [0.2, 0.25) is 0 Å². The molecule has 5 N–H and O–H groups in total. The van der Waals surface area contributed by atoms with E-state index in [2.05, 4.69) is 40.9 Å². The summed E-state index contributed by atoms with van der Waals surface area (Å²) in [7, 11) is 3.29. The van der Waals surface area contributed by atoms with Crippen molar-refractivity contribution in [3.63, 3.8) is 0 Å². The number of phenolic OH excluding ortho intramolecular Hbond substituents is 2. The molecule has 1 aliphatic carbocycles. The van der Waals surface area contributed by atoms with Crippen molar-refractivity contribution in [2.24, 2.45) is 50.9 Å². The van der Waals surface area contributed by atoms with Crippen molar-refractivity contribution in [1.29, 1.82) is 0 Å². The van der Waals surface area contributed by atoms with Crippen LogP contribution >= 0.6 is 0 Å². The molecule has 3 saturated heterocycles. The molecule has 8 aliphatic rings. The van der Waals surface area contributed by atoms with Crippen LogP contribution in [0.15, 0.2) is 46.1 Å². The Labute approximate surface area is 451 Å². The monoisotopic (exact) mass is 1050 g/mol. The van der Waals surface area contributed by atoms with Gasteiger partial charge in [0.05, 0.1) is 28.7 Å². The zero-order valence-corrected chi connectivity index (χ0v) is 47.5. The smallest absolute Gasteiger partial charge is 0.312 e. The molecule has 2 aromatic rings. The van der Waals surface area contributed by atoms with Crippen LogP contribution in [0.1, 0.15) is 142 Å². The maximum absolute atomic E-state index is 14.6. The molecule has 8 atom stereocenters. The van der Waals surface area contributed by atoms with Gasteiger partial charge in [0.1, 0.15) is 28.6 Å². The number of aliphatic hydroxyl groups excluding tert-OH is 2. The van der Waals surface area contributed by atoms with Gasteiger partial charge in [-0.3, -0.25) is 24.4 Å². The third kappa shape index (κ3) is 12.7. The summed E-state index contributed by atoms with van der Waals surface area (Å²) in [5, 5.41) is 45.7. The molecule has 4 unspecified atom stereocenters. The molecule has 5 bridgehead atoms. The lowest BCUT2D eigenvalue weighted by atomic mass is 9.80. The number of likely N-dealkylation sites (tertiary alicyclic amines) is 3. The molecule has 16 nitrogen and oxygen atoms in total. The molecule has 420 valence electrons. The minimum atomic E-state index is -1.85. The quantitative estimate of drug-likeness (QED) is 0.138. The number of allylic oxidation sites excluding steroid dienone is 4. The molecule has 76 heavy (non-hydrogen) atoms. The van der Waals surface area contributed by atoms with Gasteiger partial charge in [0, 0.05) is 88.6 Å². The average Bonchev–Trinajstić information content (AvgIpc) is 4.24. The molecule has 2 spiro atoms. The highest BCUT2D eigenvalue weighted by molar-refractivity contribution is 6.19. The zero-order valence-electron chi connectivity index (χ0n) is 47.5. The minimum Gasteiger partial charge on any atom is -0.507 e. The number of aliphatic hydroxyl groups is 2. The fraction of sp³-hybridized carbons (Fsp3) is 0.683. The SMILES string of the molecule is C/C1=C/C=C/C(C)C[C@@H](C)C(O)[C@@H](C)C(OC=O)[C@H](C)C/C=C/O[C@@]2(C)Oc3c(C)c(O)c4c(O)c(c5c(c4c3C2=O)=NC2(CCN(CC(C)C)CC2)N=5)NC1=O.CN1CCC2(CCN(CC3CCCCC3)C2)C1.CO. The Bertz CT molecular complexity index is 2640. The average molecular weight is 1060 g/mol. The van der Waals surface area contributed by atoms with Crippen molar-refractivity contribution in [3.05, 3.63) is 58.0 Å². The fourth-order valence-electron chi connectivity index (χ4n) is 13.3. The molecule has 2 aromatic carbocycles. The van der Waals surface area contributed by atoms with Gasteiger partial charge in [-0.1, -0.05) is 79.0 Å². The van der Waals surface area contributed by atoms with Gasteiger partial charge in [-0.2, -0.15) is 0 Å². The van der Waals surface area contributed by atoms with E-state index in [1.54, 1.807) is 32.1 Å². The maximum atomic E-state index is 14.6. The highest BCUT2D eigenvalue weighted by Gasteiger charge is 2.50. The van der Waals surface area contributed by atoms with Crippen LogP contribution in [0.4, 0.5) is 5.69 Å². The Hall–Kier alpha value is -4.87. The minimum absolute atomic E-state index is 0.00170. The number of hydrogen-bond acceptors (Lipinski definition) is 15. The van der Waals surface area contributed by atoms with Crippen LogP contribution in [0.25, 0.3) is 10.8 Å². The normalized spacial score (nSPS) is 32.0. The number of anilines is 1. The summed E-state index contributed by atoms with van der Waals surface area (Å²) < 4.78 is 17.8. The number of nitrogens with one attached hydrogen (secondary N) is 1. The van der Waals surface area contributed by atoms with E-state index in [4.69, 9.17) is 29.3 Å². The summed E-state index contributed by atoms with van der Waals surface area (Å²) in [6.45, 7) is 26.5. The fourth-order valence-corrected chi connectivity index (χ4v) is 13.3. The van der Waals surface area contributed by atoms with Crippen molar-refractivity contribution >= 4 is 34.6 Å². The number of phenols is 2. The molecule has 4 fully saturated rings. The van der Waals surface area contributed by atoms with Gasteiger partial charge in [0.25, 0.3) is 18.2 Å². The van der Waals surface area contributed by atoms with Crippen LogP contribution in [0, 0.1) is 47.8 Å². The van der Waals surface area contributed by atoms with Gasteiger partial charge in [-0.25, -0.2) is 0 Å². The number of ether oxygens (including phenoxy) is 3. The number of piperidine rings is 1. The van der Waals surface area contributed by atoms with Crippen LogP contribution < -0.4 is 20.8 Å². The molecule has 1 saturated carbocycles. The van der Waals surface area contributed by atoms with E-state index in [9.17, 15) is 29.7 Å². The van der Waals surface area contributed by atoms with Gasteiger partial charge in [0.15, 0.2) is 11.4 Å². The number of ketones is 1. The second-order valence-electron chi connectivity index (χ2n) is 24.2. The number of rotatable bonds is 6. The van der Waals surface area contributed by atoms with Crippen LogP contribution in [0.3, 0.4) is 0 Å². The number of Topliss-reactive ketones (excluding diaryl/α,β-unsaturated/α-hetero) is 1. The second-order valence-corrected chi connectivity index (χ2v) is 24.2. The Morgan fingerprint density at radius 2 is 1.57 bits per heavy atom. The van der Waals surface area contributed by atoms with E-state index in [0.29, 0.717) is 49.1 Å². The van der Waals surface area contributed by atoms with Gasteiger partial charge in [-0.15, -0.1) is 0 Å². The number of fused-ring (bicyclic) bond motifs is 13. The third-order valence-corrected chi connectivity index (χ3v) is 17.5. The van der Waals surface area contributed by atoms with Crippen molar-refractivity contribution in [2.45, 2.75) is 157 Å². The number of carbonyl (C=O) groups is 3. The van der Waals surface area contributed by atoms with Gasteiger partial charge >= 0.3 is 5.79 Å². The van der Waals surface area contributed by atoms with Crippen LogP contribution in [0.5, 0.6) is 17.2 Å². The van der Waals surface area contributed by atoms with E-state index < -0.39 is 41.1 Å². The first-order valence-electron chi connectivity index (χ1n) is 28.3. The van der Waals surface area contributed by atoms with E-state index in [-0.39, 0.29) is 73.5 Å². The highest BCUT2D eigenvalue weighted by Crippen LogP contribution is 2.50. The molecular weight excluding hydrogens is 965 g/mol. The maximum Gasteiger partial charge on any atom is 0.312 e. The van der Waals surface area contributed by atoms with Crippen LogP contribution in [-0.2, 0) is 19.1 Å². The largest absolute Gasteiger partial charge is 0.507 e. The van der Waals surface area contributed by atoms with Crippen molar-refractivity contribution < 1.29 is 49.0 Å². The number of nitrogens with zero attached hydrogens (tertiary/aromatic N) is 5. The van der Waals surface area contributed by atoms with E-state index in [1.807, 2.05) is 33.8 Å².